The summed E-state index contributed by atoms with van der Waals surface area (Å²) in [5.41, 5.74) is 1.52. The Morgan fingerprint density at radius 1 is 1.32 bits per heavy atom. The standard InChI is InChI=1S/C17H22N4O3S/c1-2-13-25(23,24)21-12-3-5-16(21)17(22)19-14-6-8-15(9-7-14)20-11-4-10-18-20/h4,6-11,16H,2-3,5,12-13H2,1H3,(H,19,22). The van der Waals surface area contributed by atoms with Gasteiger partial charge in [0.15, 0.2) is 0 Å². The van der Waals surface area contributed by atoms with E-state index in [9.17, 15) is 13.2 Å². The van der Waals surface area contributed by atoms with Gasteiger partial charge >= 0.3 is 0 Å². The molecule has 1 aliphatic heterocycles. The Morgan fingerprint density at radius 2 is 2.08 bits per heavy atom. The Hall–Kier alpha value is -2.19. The normalized spacial score (nSPS) is 18.4. The minimum Gasteiger partial charge on any atom is -0.325 e. The number of anilines is 1. The predicted molar refractivity (Wildman–Crippen MR) is 96.0 cm³/mol. The Labute approximate surface area is 147 Å². The van der Waals surface area contributed by atoms with Gasteiger partial charge in [-0.05, 0) is 49.6 Å². The lowest BCUT2D eigenvalue weighted by molar-refractivity contribution is -0.119. The minimum atomic E-state index is -3.37. The summed E-state index contributed by atoms with van der Waals surface area (Å²) in [5.74, 6) is -0.195. The second kappa shape index (κ2) is 7.37. The van der Waals surface area contributed by atoms with Crippen molar-refractivity contribution in [1.82, 2.24) is 14.1 Å². The van der Waals surface area contributed by atoms with Crippen molar-refractivity contribution in [2.45, 2.75) is 32.2 Å². The maximum absolute atomic E-state index is 12.6. The molecule has 0 aliphatic carbocycles. The first-order valence-corrected chi connectivity index (χ1v) is 10.0. The fourth-order valence-electron chi connectivity index (χ4n) is 3.05. The van der Waals surface area contributed by atoms with E-state index in [-0.39, 0.29) is 11.7 Å². The Balaban J connectivity index is 1.69. The molecule has 1 saturated heterocycles. The van der Waals surface area contributed by atoms with Crippen molar-refractivity contribution in [1.29, 1.82) is 0 Å². The zero-order valence-corrected chi connectivity index (χ0v) is 14.9. The smallest absolute Gasteiger partial charge is 0.242 e. The molecule has 3 rings (SSSR count). The second-order valence-electron chi connectivity index (χ2n) is 6.07. The zero-order valence-electron chi connectivity index (χ0n) is 14.1. The average Bonchev–Trinajstić information content (AvgIpc) is 3.27. The van der Waals surface area contributed by atoms with E-state index in [1.165, 1.54) is 4.31 Å². The van der Waals surface area contributed by atoms with Crippen LogP contribution in [0.2, 0.25) is 0 Å². The SMILES string of the molecule is CCCS(=O)(=O)N1CCCC1C(=O)Nc1ccc(-n2cccn2)cc1. The largest absolute Gasteiger partial charge is 0.325 e. The highest BCUT2D eigenvalue weighted by Crippen LogP contribution is 2.23. The topological polar surface area (TPSA) is 84.3 Å². The maximum atomic E-state index is 12.6. The summed E-state index contributed by atoms with van der Waals surface area (Å²) in [6.45, 7) is 2.24. The van der Waals surface area contributed by atoms with Gasteiger partial charge in [0.2, 0.25) is 15.9 Å². The highest BCUT2D eigenvalue weighted by molar-refractivity contribution is 7.89. The molecular formula is C17H22N4O3S. The summed E-state index contributed by atoms with van der Waals surface area (Å²) in [6.07, 6.45) is 5.34. The van der Waals surface area contributed by atoms with Gasteiger partial charge in [0.05, 0.1) is 11.4 Å². The van der Waals surface area contributed by atoms with Crippen LogP contribution in [0.1, 0.15) is 26.2 Å². The van der Waals surface area contributed by atoms with E-state index < -0.39 is 16.1 Å². The van der Waals surface area contributed by atoms with Crippen LogP contribution in [0.4, 0.5) is 5.69 Å². The molecule has 1 aliphatic rings. The molecule has 1 aromatic heterocycles. The minimum absolute atomic E-state index is 0.0787. The number of nitrogens with one attached hydrogen (secondary N) is 1. The quantitative estimate of drug-likeness (QED) is 0.852. The van der Waals surface area contributed by atoms with Crippen LogP contribution < -0.4 is 5.32 Å². The van der Waals surface area contributed by atoms with Crippen molar-refractivity contribution in [3.05, 3.63) is 42.7 Å². The number of nitrogens with zero attached hydrogens (tertiary/aromatic N) is 3. The van der Waals surface area contributed by atoms with Gasteiger partial charge in [-0.3, -0.25) is 4.79 Å². The van der Waals surface area contributed by atoms with Crippen LogP contribution >= 0.6 is 0 Å². The Morgan fingerprint density at radius 3 is 2.72 bits per heavy atom. The number of sulfonamides is 1. The van der Waals surface area contributed by atoms with Gasteiger partial charge in [-0.25, -0.2) is 13.1 Å². The number of benzene rings is 1. The van der Waals surface area contributed by atoms with Crippen LogP contribution in [0.25, 0.3) is 5.69 Å². The summed E-state index contributed by atoms with van der Waals surface area (Å²) in [6, 6.07) is 8.48. The average molecular weight is 362 g/mol. The van der Waals surface area contributed by atoms with Crippen LogP contribution in [0.3, 0.4) is 0 Å². The van der Waals surface area contributed by atoms with E-state index in [1.54, 1.807) is 23.0 Å². The summed E-state index contributed by atoms with van der Waals surface area (Å²) in [4.78, 5) is 12.6. The summed E-state index contributed by atoms with van der Waals surface area (Å²) < 4.78 is 27.7. The number of hydrogen-bond donors (Lipinski definition) is 1. The van der Waals surface area contributed by atoms with E-state index in [4.69, 9.17) is 0 Å². The molecule has 1 atom stereocenters. The van der Waals surface area contributed by atoms with Crippen LogP contribution in [0.15, 0.2) is 42.7 Å². The second-order valence-corrected chi connectivity index (χ2v) is 8.11. The van der Waals surface area contributed by atoms with Crippen molar-refractivity contribution in [2.75, 3.05) is 17.6 Å². The molecule has 134 valence electrons. The molecule has 1 amide bonds. The van der Waals surface area contributed by atoms with Crippen LogP contribution in [-0.2, 0) is 14.8 Å². The number of aromatic nitrogens is 2. The number of amides is 1. The van der Waals surface area contributed by atoms with E-state index in [0.29, 0.717) is 31.5 Å². The molecule has 2 aromatic rings. The third-order valence-electron chi connectivity index (χ3n) is 4.23. The fraction of sp³-hybridized carbons (Fsp3) is 0.412. The van der Waals surface area contributed by atoms with Gasteiger partial charge in [-0.1, -0.05) is 6.92 Å². The number of carbonyl (C=O) groups excluding carboxylic acids is 1. The molecule has 2 heterocycles. The molecule has 0 spiro atoms. The summed E-state index contributed by atoms with van der Waals surface area (Å²) in [5, 5.41) is 6.98. The van der Waals surface area contributed by atoms with Gasteiger partial charge in [0.1, 0.15) is 6.04 Å². The van der Waals surface area contributed by atoms with Crippen molar-refractivity contribution >= 4 is 21.6 Å². The first-order valence-electron chi connectivity index (χ1n) is 8.42. The molecule has 25 heavy (non-hydrogen) atoms. The number of rotatable bonds is 6. The van der Waals surface area contributed by atoms with Crippen LogP contribution in [0, 0.1) is 0 Å². The number of hydrogen-bond acceptors (Lipinski definition) is 4. The molecule has 7 nitrogen and oxygen atoms in total. The van der Waals surface area contributed by atoms with Gasteiger partial charge in [-0.2, -0.15) is 9.40 Å². The lowest BCUT2D eigenvalue weighted by Crippen LogP contribution is -2.44. The highest BCUT2D eigenvalue weighted by Gasteiger charge is 2.37. The van der Waals surface area contributed by atoms with Gasteiger partial charge in [0, 0.05) is 24.6 Å². The highest BCUT2D eigenvalue weighted by atomic mass is 32.2. The van der Waals surface area contributed by atoms with Gasteiger partial charge in [0.25, 0.3) is 0 Å². The van der Waals surface area contributed by atoms with Crippen molar-refractivity contribution < 1.29 is 13.2 Å². The van der Waals surface area contributed by atoms with Crippen LogP contribution in [-0.4, -0.2) is 46.8 Å². The maximum Gasteiger partial charge on any atom is 0.242 e. The Bertz CT molecular complexity index is 816. The van der Waals surface area contributed by atoms with Crippen LogP contribution in [0.5, 0.6) is 0 Å². The van der Waals surface area contributed by atoms with E-state index >= 15 is 0 Å². The van der Waals surface area contributed by atoms with Crippen molar-refractivity contribution in [2.24, 2.45) is 0 Å². The number of carbonyl (C=O) groups is 1. The third kappa shape index (κ3) is 3.91. The molecule has 0 bridgehead atoms. The monoisotopic (exact) mass is 362 g/mol. The fourth-order valence-corrected chi connectivity index (χ4v) is 4.80. The van der Waals surface area contributed by atoms with Gasteiger partial charge in [-0.15, -0.1) is 0 Å². The van der Waals surface area contributed by atoms with E-state index in [1.807, 2.05) is 31.3 Å². The summed E-state index contributed by atoms with van der Waals surface area (Å²) in [7, 11) is -3.37. The third-order valence-corrected chi connectivity index (χ3v) is 6.31. The molecule has 0 saturated carbocycles. The predicted octanol–water partition coefficient (Wildman–Crippen LogP) is 2.01. The zero-order chi connectivity index (χ0) is 17.9. The van der Waals surface area contributed by atoms with E-state index in [0.717, 1.165) is 5.69 Å². The molecule has 0 radical (unpaired) electrons. The lowest BCUT2D eigenvalue weighted by atomic mass is 10.2. The first-order chi connectivity index (χ1) is 12.0. The van der Waals surface area contributed by atoms with Crippen molar-refractivity contribution in [3.63, 3.8) is 0 Å². The molecule has 1 fully saturated rings. The molecule has 1 aromatic carbocycles. The summed E-state index contributed by atoms with van der Waals surface area (Å²) >= 11 is 0. The molecule has 1 N–H and O–H groups in total. The van der Waals surface area contributed by atoms with Gasteiger partial charge < -0.3 is 5.32 Å². The molecule has 1 unspecified atom stereocenters. The van der Waals surface area contributed by atoms with E-state index in [2.05, 4.69) is 10.4 Å². The first kappa shape index (κ1) is 17.6. The molecular weight excluding hydrogens is 340 g/mol. The lowest BCUT2D eigenvalue weighted by Gasteiger charge is -2.23. The molecule has 8 heteroatoms. The van der Waals surface area contributed by atoms with Crippen molar-refractivity contribution in [3.8, 4) is 5.69 Å². The Kier molecular flexibility index (Phi) is 5.19.